The van der Waals surface area contributed by atoms with E-state index in [1.165, 1.54) is 13.0 Å². The van der Waals surface area contributed by atoms with Gasteiger partial charge in [0.1, 0.15) is 0 Å². The minimum atomic E-state index is -4.31. The molecule has 0 saturated heterocycles. The van der Waals surface area contributed by atoms with Gasteiger partial charge in [-0.05, 0) is 43.2 Å². The maximum absolute atomic E-state index is 12.8. The smallest absolute Gasteiger partial charge is 0.381 e. The number of halogens is 3. The Kier molecular flexibility index (Phi) is 4.06. The summed E-state index contributed by atoms with van der Waals surface area (Å²) in [6, 6.07) is 6.27. The van der Waals surface area contributed by atoms with Gasteiger partial charge >= 0.3 is 6.18 Å². The second-order valence-corrected chi connectivity index (χ2v) is 4.73. The number of nitrogens with zero attached hydrogens (tertiary/aromatic N) is 1. The van der Waals surface area contributed by atoms with Crippen LogP contribution in [-0.2, 0) is 19.3 Å². The van der Waals surface area contributed by atoms with Gasteiger partial charge in [-0.3, -0.25) is 0 Å². The van der Waals surface area contributed by atoms with Gasteiger partial charge in [-0.1, -0.05) is 6.07 Å². The molecule has 1 N–H and O–H groups in total. The summed E-state index contributed by atoms with van der Waals surface area (Å²) in [5.41, 5.74) is 1.17. The van der Waals surface area contributed by atoms with E-state index in [0.29, 0.717) is 12.2 Å². The van der Waals surface area contributed by atoms with Crippen molar-refractivity contribution in [1.29, 1.82) is 0 Å². The predicted octanol–water partition coefficient (Wildman–Crippen LogP) is 4.45. The van der Waals surface area contributed by atoms with Crippen LogP contribution < -0.4 is 5.32 Å². The molecule has 2 aromatic rings. The van der Waals surface area contributed by atoms with Gasteiger partial charge in [0, 0.05) is 31.2 Å². The van der Waals surface area contributed by atoms with E-state index < -0.39 is 11.7 Å². The van der Waals surface area contributed by atoms with E-state index in [-0.39, 0.29) is 5.56 Å². The van der Waals surface area contributed by atoms with Crippen molar-refractivity contribution in [2.75, 3.05) is 5.32 Å². The van der Waals surface area contributed by atoms with Crippen molar-refractivity contribution in [3.63, 3.8) is 0 Å². The molecule has 0 atom stereocenters. The first kappa shape index (κ1) is 14.5. The number of nitrogens with one attached hydrogen (secondary N) is 1. The summed E-state index contributed by atoms with van der Waals surface area (Å²) >= 11 is 0. The molecule has 1 aromatic heterocycles. The number of alkyl halides is 3. The molecule has 2 rings (SSSR count). The molecule has 0 fully saturated rings. The molecular formula is C15H17F3N2. The maximum atomic E-state index is 12.8. The Morgan fingerprint density at radius 2 is 1.95 bits per heavy atom. The fraction of sp³-hybridized carbons (Fsp3) is 0.333. The summed E-state index contributed by atoms with van der Waals surface area (Å²) in [6.45, 7) is 4.89. The number of hydrogen-bond donors (Lipinski definition) is 1. The number of anilines is 1. The molecule has 2 nitrogen and oxygen atoms in total. The lowest BCUT2D eigenvalue weighted by Crippen LogP contribution is -2.08. The molecule has 0 spiro atoms. The van der Waals surface area contributed by atoms with Crippen LogP contribution in [-0.4, -0.2) is 4.57 Å². The summed E-state index contributed by atoms with van der Waals surface area (Å²) in [5.74, 6) is 0. The molecule has 0 radical (unpaired) electrons. The lowest BCUT2D eigenvalue weighted by molar-refractivity contribution is -0.138. The van der Waals surface area contributed by atoms with Crippen molar-refractivity contribution in [3.05, 3.63) is 53.3 Å². The summed E-state index contributed by atoms with van der Waals surface area (Å²) in [4.78, 5) is 0. The van der Waals surface area contributed by atoms with Crippen LogP contribution in [0.15, 0.2) is 36.7 Å². The molecule has 0 aliphatic heterocycles. The van der Waals surface area contributed by atoms with Gasteiger partial charge in [-0.25, -0.2) is 0 Å². The molecule has 0 unspecified atom stereocenters. The van der Waals surface area contributed by atoms with Crippen LogP contribution >= 0.6 is 0 Å². The standard InChI is InChI=1S/C15H17F3N2/c1-3-20-7-6-12(10-20)9-19-13-5-4-11(2)14(8-13)15(16,17)18/h4-8,10,19H,3,9H2,1-2H3. The van der Waals surface area contributed by atoms with Crippen molar-refractivity contribution in [2.24, 2.45) is 0 Å². The van der Waals surface area contributed by atoms with Crippen molar-refractivity contribution in [2.45, 2.75) is 33.1 Å². The Labute approximate surface area is 116 Å². The molecule has 0 bridgehead atoms. The highest BCUT2D eigenvalue weighted by Gasteiger charge is 2.32. The minimum Gasteiger partial charge on any atom is -0.381 e. The van der Waals surface area contributed by atoms with E-state index in [1.807, 2.05) is 30.0 Å². The molecule has 0 aliphatic carbocycles. The van der Waals surface area contributed by atoms with E-state index in [2.05, 4.69) is 5.32 Å². The highest BCUT2D eigenvalue weighted by atomic mass is 19.4. The zero-order chi connectivity index (χ0) is 14.8. The van der Waals surface area contributed by atoms with E-state index in [4.69, 9.17) is 0 Å². The van der Waals surface area contributed by atoms with Gasteiger partial charge in [-0.15, -0.1) is 0 Å². The van der Waals surface area contributed by atoms with Gasteiger partial charge in [0.15, 0.2) is 0 Å². The maximum Gasteiger partial charge on any atom is 0.416 e. The Bertz CT molecular complexity index is 585. The highest BCUT2D eigenvalue weighted by Crippen LogP contribution is 2.33. The van der Waals surface area contributed by atoms with Crippen molar-refractivity contribution < 1.29 is 13.2 Å². The average Bonchev–Trinajstić information content (AvgIpc) is 2.84. The number of aryl methyl sites for hydroxylation is 2. The number of hydrogen-bond acceptors (Lipinski definition) is 1. The Hall–Kier alpha value is -1.91. The molecular weight excluding hydrogens is 265 g/mol. The third-order valence-electron chi connectivity index (χ3n) is 3.22. The topological polar surface area (TPSA) is 17.0 Å². The van der Waals surface area contributed by atoms with Gasteiger partial charge in [0.25, 0.3) is 0 Å². The summed E-state index contributed by atoms with van der Waals surface area (Å²) < 4.78 is 40.5. The van der Waals surface area contributed by atoms with Crippen molar-refractivity contribution >= 4 is 5.69 Å². The number of aromatic nitrogens is 1. The van der Waals surface area contributed by atoms with Gasteiger partial charge < -0.3 is 9.88 Å². The Morgan fingerprint density at radius 3 is 2.55 bits per heavy atom. The fourth-order valence-electron chi connectivity index (χ4n) is 2.03. The minimum absolute atomic E-state index is 0.236. The molecule has 1 aromatic carbocycles. The largest absolute Gasteiger partial charge is 0.416 e. The average molecular weight is 282 g/mol. The molecule has 5 heteroatoms. The van der Waals surface area contributed by atoms with E-state index >= 15 is 0 Å². The van der Waals surface area contributed by atoms with Crippen LogP contribution in [0, 0.1) is 6.92 Å². The summed E-state index contributed by atoms with van der Waals surface area (Å²) in [6.07, 6.45) is -0.382. The van der Waals surface area contributed by atoms with Crippen LogP contribution in [0.3, 0.4) is 0 Å². The van der Waals surface area contributed by atoms with Crippen molar-refractivity contribution in [1.82, 2.24) is 4.57 Å². The van der Waals surface area contributed by atoms with Gasteiger partial charge in [-0.2, -0.15) is 13.2 Å². The first-order valence-corrected chi connectivity index (χ1v) is 6.46. The van der Waals surface area contributed by atoms with E-state index in [0.717, 1.165) is 18.2 Å². The van der Waals surface area contributed by atoms with Crippen LogP contribution in [0.4, 0.5) is 18.9 Å². The predicted molar refractivity (Wildman–Crippen MR) is 73.6 cm³/mol. The van der Waals surface area contributed by atoms with Crippen LogP contribution in [0.25, 0.3) is 0 Å². The number of benzene rings is 1. The SMILES string of the molecule is CCn1ccc(CNc2ccc(C)c(C(F)(F)F)c2)c1. The van der Waals surface area contributed by atoms with Crippen molar-refractivity contribution in [3.8, 4) is 0 Å². The number of rotatable bonds is 4. The molecule has 20 heavy (non-hydrogen) atoms. The van der Waals surface area contributed by atoms with Crippen LogP contribution in [0.2, 0.25) is 0 Å². The first-order chi connectivity index (χ1) is 9.40. The van der Waals surface area contributed by atoms with E-state index in [1.54, 1.807) is 6.07 Å². The summed E-state index contributed by atoms with van der Waals surface area (Å²) in [5, 5.41) is 3.02. The molecule has 1 heterocycles. The highest BCUT2D eigenvalue weighted by molar-refractivity contribution is 5.49. The Morgan fingerprint density at radius 1 is 1.20 bits per heavy atom. The normalized spacial score (nSPS) is 11.7. The van der Waals surface area contributed by atoms with Crippen LogP contribution in [0.1, 0.15) is 23.6 Å². The third-order valence-corrected chi connectivity index (χ3v) is 3.22. The molecule has 0 amide bonds. The second kappa shape index (κ2) is 5.61. The zero-order valence-corrected chi connectivity index (χ0v) is 11.5. The fourth-order valence-corrected chi connectivity index (χ4v) is 2.03. The lowest BCUT2D eigenvalue weighted by Gasteiger charge is -2.13. The monoisotopic (exact) mass is 282 g/mol. The molecule has 0 aliphatic rings. The zero-order valence-electron chi connectivity index (χ0n) is 11.5. The first-order valence-electron chi connectivity index (χ1n) is 6.46. The molecule has 108 valence electrons. The van der Waals surface area contributed by atoms with Gasteiger partial charge in [0.2, 0.25) is 0 Å². The molecule has 0 saturated carbocycles. The summed E-state index contributed by atoms with van der Waals surface area (Å²) in [7, 11) is 0. The van der Waals surface area contributed by atoms with Crippen LogP contribution in [0.5, 0.6) is 0 Å². The van der Waals surface area contributed by atoms with E-state index in [9.17, 15) is 13.2 Å². The quantitative estimate of drug-likeness (QED) is 0.876. The lowest BCUT2D eigenvalue weighted by atomic mass is 10.1. The van der Waals surface area contributed by atoms with Gasteiger partial charge in [0.05, 0.1) is 5.56 Å². The third kappa shape index (κ3) is 3.35. The second-order valence-electron chi connectivity index (χ2n) is 4.73. The Balaban J connectivity index is 2.10.